The SMILES string of the molecule is CCC(NN)c1coc2ccccc12. The first-order chi connectivity index (χ1) is 6.86. The van der Waals surface area contributed by atoms with Crippen molar-refractivity contribution in [2.45, 2.75) is 19.4 Å². The molecule has 0 radical (unpaired) electrons. The van der Waals surface area contributed by atoms with E-state index < -0.39 is 0 Å². The number of furan rings is 1. The van der Waals surface area contributed by atoms with Gasteiger partial charge in [-0.1, -0.05) is 25.1 Å². The summed E-state index contributed by atoms with van der Waals surface area (Å²) < 4.78 is 5.44. The second-order valence-electron chi connectivity index (χ2n) is 3.31. The normalized spacial score (nSPS) is 13.3. The molecule has 2 aromatic rings. The summed E-state index contributed by atoms with van der Waals surface area (Å²) in [5, 5.41) is 1.14. The number of para-hydroxylation sites is 1. The summed E-state index contributed by atoms with van der Waals surface area (Å²) >= 11 is 0. The molecular weight excluding hydrogens is 176 g/mol. The maximum Gasteiger partial charge on any atom is 0.134 e. The van der Waals surface area contributed by atoms with E-state index in [1.807, 2.05) is 24.3 Å². The fourth-order valence-electron chi connectivity index (χ4n) is 1.70. The van der Waals surface area contributed by atoms with Crippen LogP contribution in [-0.2, 0) is 0 Å². The van der Waals surface area contributed by atoms with Crippen molar-refractivity contribution < 1.29 is 4.42 Å². The van der Waals surface area contributed by atoms with Gasteiger partial charge in [0.1, 0.15) is 5.58 Å². The summed E-state index contributed by atoms with van der Waals surface area (Å²) in [5.74, 6) is 5.47. The largest absolute Gasteiger partial charge is 0.464 e. The Kier molecular flexibility index (Phi) is 2.52. The minimum absolute atomic E-state index is 0.165. The molecule has 0 saturated carbocycles. The molecule has 0 spiro atoms. The van der Waals surface area contributed by atoms with Crippen LogP contribution in [0.1, 0.15) is 24.9 Å². The van der Waals surface area contributed by atoms with E-state index in [2.05, 4.69) is 12.3 Å². The van der Waals surface area contributed by atoms with Gasteiger partial charge in [-0.3, -0.25) is 11.3 Å². The topological polar surface area (TPSA) is 51.2 Å². The van der Waals surface area contributed by atoms with Crippen molar-refractivity contribution in [2.24, 2.45) is 5.84 Å². The lowest BCUT2D eigenvalue weighted by Crippen LogP contribution is -2.27. The van der Waals surface area contributed by atoms with Crippen molar-refractivity contribution in [1.82, 2.24) is 5.43 Å². The molecule has 3 N–H and O–H groups in total. The van der Waals surface area contributed by atoms with Gasteiger partial charge in [0, 0.05) is 17.0 Å². The number of nitrogens with one attached hydrogen (secondary N) is 1. The Bertz CT molecular complexity index is 418. The number of rotatable bonds is 3. The quantitative estimate of drug-likeness (QED) is 0.577. The minimum Gasteiger partial charge on any atom is -0.464 e. The van der Waals surface area contributed by atoms with Crippen molar-refractivity contribution in [1.29, 1.82) is 0 Å². The Labute approximate surface area is 82.9 Å². The van der Waals surface area contributed by atoms with Crippen LogP contribution in [0.3, 0.4) is 0 Å². The second kappa shape index (κ2) is 3.82. The fourth-order valence-corrected chi connectivity index (χ4v) is 1.70. The molecule has 1 aromatic carbocycles. The summed E-state index contributed by atoms with van der Waals surface area (Å²) in [7, 11) is 0. The first-order valence-corrected chi connectivity index (χ1v) is 4.79. The van der Waals surface area contributed by atoms with Gasteiger partial charge in [-0.2, -0.15) is 0 Å². The Morgan fingerprint density at radius 3 is 2.93 bits per heavy atom. The molecule has 2 rings (SSSR count). The van der Waals surface area contributed by atoms with Gasteiger partial charge in [0.15, 0.2) is 0 Å². The van der Waals surface area contributed by atoms with Crippen LogP contribution in [0, 0.1) is 0 Å². The standard InChI is InChI=1S/C11H14N2O/c1-2-10(13-12)9-7-14-11-6-4-3-5-8(9)11/h3-7,10,13H,2,12H2,1H3. The molecule has 0 aliphatic heterocycles. The highest BCUT2D eigenvalue weighted by Gasteiger charge is 2.13. The highest BCUT2D eigenvalue weighted by atomic mass is 16.3. The van der Waals surface area contributed by atoms with Crippen LogP contribution in [-0.4, -0.2) is 0 Å². The zero-order valence-electron chi connectivity index (χ0n) is 8.16. The molecule has 1 aromatic heterocycles. The number of nitrogens with two attached hydrogens (primary N) is 1. The van der Waals surface area contributed by atoms with E-state index in [1.54, 1.807) is 6.26 Å². The highest BCUT2D eigenvalue weighted by molar-refractivity contribution is 5.81. The first kappa shape index (κ1) is 9.24. The Morgan fingerprint density at radius 1 is 1.43 bits per heavy atom. The van der Waals surface area contributed by atoms with Gasteiger partial charge in [0.2, 0.25) is 0 Å². The molecule has 3 nitrogen and oxygen atoms in total. The van der Waals surface area contributed by atoms with E-state index in [1.165, 1.54) is 0 Å². The van der Waals surface area contributed by atoms with Crippen molar-refractivity contribution in [2.75, 3.05) is 0 Å². The smallest absolute Gasteiger partial charge is 0.134 e. The molecule has 3 heteroatoms. The number of hydrazine groups is 1. The van der Waals surface area contributed by atoms with Gasteiger partial charge in [-0.25, -0.2) is 0 Å². The summed E-state index contributed by atoms with van der Waals surface area (Å²) in [5.41, 5.74) is 4.83. The Balaban J connectivity index is 2.51. The number of fused-ring (bicyclic) bond motifs is 1. The number of hydrogen-bond donors (Lipinski definition) is 2. The van der Waals surface area contributed by atoms with Crippen molar-refractivity contribution in [3.05, 3.63) is 36.1 Å². The van der Waals surface area contributed by atoms with Gasteiger partial charge in [-0.05, 0) is 12.5 Å². The van der Waals surface area contributed by atoms with E-state index in [0.717, 1.165) is 23.0 Å². The summed E-state index contributed by atoms with van der Waals surface area (Å²) in [6.07, 6.45) is 2.72. The third-order valence-corrected chi connectivity index (χ3v) is 2.50. The highest BCUT2D eigenvalue weighted by Crippen LogP contribution is 2.27. The van der Waals surface area contributed by atoms with Gasteiger partial charge in [0.05, 0.1) is 6.26 Å². The average molecular weight is 190 g/mol. The van der Waals surface area contributed by atoms with E-state index >= 15 is 0 Å². The minimum atomic E-state index is 0.165. The molecule has 0 aliphatic rings. The molecule has 0 fully saturated rings. The van der Waals surface area contributed by atoms with E-state index in [4.69, 9.17) is 10.3 Å². The maximum absolute atomic E-state index is 5.47. The molecule has 0 amide bonds. The molecule has 14 heavy (non-hydrogen) atoms. The van der Waals surface area contributed by atoms with Crippen LogP contribution in [0.5, 0.6) is 0 Å². The summed E-state index contributed by atoms with van der Waals surface area (Å²) in [6.45, 7) is 2.09. The zero-order chi connectivity index (χ0) is 9.97. The van der Waals surface area contributed by atoms with E-state index in [9.17, 15) is 0 Å². The summed E-state index contributed by atoms with van der Waals surface area (Å²) in [4.78, 5) is 0. The van der Waals surface area contributed by atoms with Crippen LogP contribution in [0.4, 0.5) is 0 Å². The third kappa shape index (κ3) is 1.41. The molecular formula is C11H14N2O. The predicted molar refractivity (Wildman–Crippen MR) is 56.6 cm³/mol. The van der Waals surface area contributed by atoms with Crippen LogP contribution in [0.25, 0.3) is 11.0 Å². The van der Waals surface area contributed by atoms with Crippen LogP contribution >= 0.6 is 0 Å². The van der Waals surface area contributed by atoms with Gasteiger partial charge < -0.3 is 4.42 Å². The molecule has 1 unspecified atom stereocenters. The average Bonchev–Trinajstić information content (AvgIpc) is 2.65. The number of benzene rings is 1. The maximum atomic E-state index is 5.47. The number of hydrogen-bond acceptors (Lipinski definition) is 3. The Morgan fingerprint density at radius 2 is 2.21 bits per heavy atom. The van der Waals surface area contributed by atoms with Gasteiger partial charge in [0.25, 0.3) is 0 Å². The summed E-state index contributed by atoms with van der Waals surface area (Å²) in [6, 6.07) is 8.14. The lowest BCUT2D eigenvalue weighted by Gasteiger charge is -2.11. The van der Waals surface area contributed by atoms with Crippen LogP contribution in [0.15, 0.2) is 34.9 Å². The zero-order valence-corrected chi connectivity index (χ0v) is 8.16. The van der Waals surface area contributed by atoms with Crippen molar-refractivity contribution >= 4 is 11.0 Å². The lowest BCUT2D eigenvalue weighted by molar-refractivity contribution is 0.526. The van der Waals surface area contributed by atoms with Gasteiger partial charge in [-0.15, -0.1) is 0 Å². The predicted octanol–water partition coefficient (Wildman–Crippen LogP) is 2.35. The van der Waals surface area contributed by atoms with Crippen molar-refractivity contribution in [3.63, 3.8) is 0 Å². The van der Waals surface area contributed by atoms with Crippen molar-refractivity contribution in [3.8, 4) is 0 Å². The fraction of sp³-hybridized carbons (Fsp3) is 0.273. The molecule has 0 aliphatic carbocycles. The second-order valence-corrected chi connectivity index (χ2v) is 3.31. The van der Waals surface area contributed by atoms with E-state index in [0.29, 0.717) is 0 Å². The van der Waals surface area contributed by atoms with Gasteiger partial charge >= 0.3 is 0 Å². The molecule has 1 heterocycles. The third-order valence-electron chi connectivity index (χ3n) is 2.50. The molecule has 74 valence electrons. The Hall–Kier alpha value is -1.32. The molecule has 0 saturated heterocycles. The van der Waals surface area contributed by atoms with Crippen LogP contribution in [0.2, 0.25) is 0 Å². The monoisotopic (exact) mass is 190 g/mol. The lowest BCUT2D eigenvalue weighted by atomic mass is 10.0. The van der Waals surface area contributed by atoms with Crippen LogP contribution < -0.4 is 11.3 Å². The first-order valence-electron chi connectivity index (χ1n) is 4.79. The molecule has 0 bridgehead atoms. The molecule has 1 atom stereocenters. The van der Waals surface area contributed by atoms with E-state index in [-0.39, 0.29) is 6.04 Å².